The molecule has 0 saturated carbocycles. The number of aliphatic hydroxyl groups excluding tert-OH is 1. The molecule has 0 aliphatic heterocycles. The van der Waals surface area contributed by atoms with Crippen molar-refractivity contribution in [1.29, 1.82) is 5.26 Å². The molecule has 3 aromatic rings. The Morgan fingerprint density at radius 2 is 1.88 bits per heavy atom. The van der Waals surface area contributed by atoms with Crippen molar-refractivity contribution in [2.75, 3.05) is 0 Å². The van der Waals surface area contributed by atoms with Gasteiger partial charge in [0.2, 0.25) is 0 Å². The number of carbonyl (C=O) groups is 1. The summed E-state index contributed by atoms with van der Waals surface area (Å²) in [6, 6.07) is 19.0. The number of benzene rings is 2. The van der Waals surface area contributed by atoms with Crippen molar-refractivity contribution >= 4 is 5.97 Å². The molecular formula is C27H25N3O3. The monoisotopic (exact) mass is 439 g/mol. The van der Waals surface area contributed by atoms with Crippen LogP contribution in [0.3, 0.4) is 0 Å². The second kappa shape index (κ2) is 7.63. The van der Waals surface area contributed by atoms with E-state index in [9.17, 15) is 20.3 Å². The quantitative estimate of drug-likeness (QED) is 0.567. The second-order valence-corrected chi connectivity index (χ2v) is 9.31. The molecule has 2 aliphatic rings. The number of nitriles is 1. The second-order valence-electron chi connectivity index (χ2n) is 9.31. The zero-order valence-corrected chi connectivity index (χ0v) is 18.6. The van der Waals surface area contributed by atoms with Crippen LogP contribution in [-0.4, -0.2) is 26.0 Å². The minimum atomic E-state index is -0.971. The lowest BCUT2D eigenvalue weighted by Gasteiger charge is -2.47. The minimum Gasteiger partial charge on any atom is -0.511 e. The maximum Gasteiger partial charge on any atom is 0.335 e. The number of fused-ring (bicyclic) bond motifs is 3. The Morgan fingerprint density at radius 3 is 2.52 bits per heavy atom. The van der Waals surface area contributed by atoms with E-state index in [1.165, 1.54) is 0 Å². The molecule has 3 atom stereocenters. The number of carboxylic acids is 1. The van der Waals surface area contributed by atoms with Crippen molar-refractivity contribution in [1.82, 2.24) is 9.78 Å². The third-order valence-electron chi connectivity index (χ3n) is 7.48. The van der Waals surface area contributed by atoms with Crippen LogP contribution in [-0.2, 0) is 11.8 Å². The third-order valence-corrected chi connectivity index (χ3v) is 7.48. The van der Waals surface area contributed by atoms with Crippen molar-refractivity contribution in [3.05, 3.63) is 82.8 Å². The van der Waals surface area contributed by atoms with Crippen LogP contribution in [0.1, 0.15) is 48.3 Å². The van der Waals surface area contributed by atoms with Gasteiger partial charge in [0.25, 0.3) is 0 Å². The van der Waals surface area contributed by atoms with Crippen LogP contribution in [0.15, 0.2) is 65.9 Å². The van der Waals surface area contributed by atoms with E-state index in [0.29, 0.717) is 12.0 Å². The molecule has 2 aromatic carbocycles. The number of hydrogen-bond acceptors (Lipinski definition) is 4. The highest BCUT2D eigenvalue weighted by Gasteiger charge is 2.51. The summed E-state index contributed by atoms with van der Waals surface area (Å²) in [4.78, 5) is 11.4. The van der Waals surface area contributed by atoms with E-state index in [4.69, 9.17) is 5.10 Å². The predicted molar refractivity (Wildman–Crippen MR) is 124 cm³/mol. The molecule has 1 heterocycles. The summed E-state index contributed by atoms with van der Waals surface area (Å²) in [7, 11) is 0. The maximum atomic E-state index is 11.4. The molecular weight excluding hydrogens is 414 g/mol. The molecule has 2 N–H and O–H groups in total. The van der Waals surface area contributed by atoms with Crippen LogP contribution in [0.4, 0.5) is 0 Å². The Bertz CT molecular complexity index is 1320. The average Bonchev–Trinajstić information content (AvgIpc) is 3.23. The molecule has 0 bridgehead atoms. The fraction of sp³-hybridized carbons (Fsp3) is 0.296. The van der Waals surface area contributed by atoms with Crippen LogP contribution in [0.5, 0.6) is 0 Å². The Hall–Kier alpha value is -3.85. The van der Waals surface area contributed by atoms with Crippen molar-refractivity contribution in [2.45, 2.75) is 38.5 Å². The first-order valence-corrected chi connectivity index (χ1v) is 11.2. The molecule has 33 heavy (non-hydrogen) atoms. The number of rotatable bonds is 3. The largest absolute Gasteiger partial charge is 0.511 e. The molecule has 0 radical (unpaired) electrons. The van der Waals surface area contributed by atoms with Gasteiger partial charge in [-0.2, -0.15) is 10.4 Å². The lowest BCUT2D eigenvalue weighted by Crippen LogP contribution is -2.45. The van der Waals surface area contributed by atoms with E-state index in [-0.39, 0.29) is 23.2 Å². The fourth-order valence-corrected chi connectivity index (χ4v) is 5.86. The molecule has 6 nitrogen and oxygen atoms in total. The molecule has 0 unspecified atom stereocenters. The number of aromatic carboxylic acids is 1. The lowest BCUT2D eigenvalue weighted by molar-refractivity contribution is 0.0697. The standard InChI is InChI=1S/C27H25N3O3/c1-16-22-13-12-21-23(17-6-4-3-5-7-17)29-30(20-10-8-18(9-11-20)26(32)33)25(21)27(22,2)14-19(15-28)24(16)31/h3-11,16,22,31H,12-14H2,1-2H3,(H,32,33)/t16-,22-,27-/m1/s1. The molecule has 5 rings (SSSR count). The first-order chi connectivity index (χ1) is 15.8. The first-order valence-electron chi connectivity index (χ1n) is 11.2. The Kier molecular flexibility index (Phi) is 4.86. The van der Waals surface area contributed by atoms with Gasteiger partial charge in [-0.1, -0.05) is 44.2 Å². The Labute approximate surface area is 192 Å². The molecule has 166 valence electrons. The molecule has 0 saturated heterocycles. The summed E-state index contributed by atoms with van der Waals surface area (Å²) in [5.74, 6) is -0.714. The van der Waals surface area contributed by atoms with Gasteiger partial charge in [-0.05, 0) is 49.4 Å². The van der Waals surface area contributed by atoms with Crippen LogP contribution < -0.4 is 0 Å². The maximum absolute atomic E-state index is 11.4. The highest BCUT2D eigenvalue weighted by molar-refractivity contribution is 5.87. The van der Waals surface area contributed by atoms with E-state index < -0.39 is 11.4 Å². The average molecular weight is 440 g/mol. The van der Waals surface area contributed by atoms with Gasteiger partial charge in [0.05, 0.1) is 34.3 Å². The predicted octanol–water partition coefficient (Wildman–Crippen LogP) is 5.43. The van der Waals surface area contributed by atoms with Crippen LogP contribution in [0.25, 0.3) is 16.9 Å². The molecule has 1 aromatic heterocycles. The van der Waals surface area contributed by atoms with Crippen molar-refractivity contribution in [2.24, 2.45) is 11.8 Å². The summed E-state index contributed by atoms with van der Waals surface area (Å²) in [6.45, 7) is 4.18. The number of aliphatic hydroxyl groups is 1. The lowest BCUT2D eigenvalue weighted by atomic mass is 9.56. The molecule has 0 spiro atoms. The number of aromatic nitrogens is 2. The van der Waals surface area contributed by atoms with Crippen molar-refractivity contribution in [3.63, 3.8) is 0 Å². The third kappa shape index (κ3) is 3.15. The SMILES string of the molecule is C[C@H]1C(O)=C(C#N)C[C@@]2(C)c3c(c(-c4ccccc4)nn3-c3ccc(C(=O)O)cc3)CC[C@H]12. The zero-order chi connectivity index (χ0) is 23.3. The number of carboxylic acid groups (broad SMARTS) is 1. The van der Waals surface area contributed by atoms with E-state index in [1.54, 1.807) is 24.3 Å². The summed E-state index contributed by atoms with van der Waals surface area (Å²) in [5.41, 5.74) is 5.20. The summed E-state index contributed by atoms with van der Waals surface area (Å²) in [5, 5.41) is 34.8. The van der Waals surface area contributed by atoms with Gasteiger partial charge in [-0.15, -0.1) is 0 Å². The van der Waals surface area contributed by atoms with Gasteiger partial charge in [-0.3, -0.25) is 0 Å². The number of hydrogen-bond donors (Lipinski definition) is 2. The van der Waals surface area contributed by atoms with Crippen LogP contribution >= 0.6 is 0 Å². The van der Waals surface area contributed by atoms with Crippen LogP contribution in [0, 0.1) is 23.2 Å². The normalized spacial score (nSPS) is 24.0. The topological polar surface area (TPSA) is 99.1 Å². The summed E-state index contributed by atoms with van der Waals surface area (Å²) >= 11 is 0. The highest BCUT2D eigenvalue weighted by Crippen LogP contribution is 2.55. The summed E-state index contributed by atoms with van der Waals surface area (Å²) in [6.07, 6.45) is 2.17. The van der Waals surface area contributed by atoms with E-state index >= 15 is 0 Å². The van der Waals surface area contributed by atoms with Crippen LogP contribution in [0.2, 0.25) is 0 Å². The van der Waals surface area contributed by atoms with E-state index in [0.717, 1.165) is 41.0 Å². The first kappa shape index (κ1) is 21.0. The summed E-state index contributed by atoms with van der Waals surface area (Å²) < 4.78 is 1.93. The zero-order valence-electron chi connectivity index (χ0n) is 18.6. The highest BCUT2D eigenvalue weighted by atomic mass is 16.4. The number of nitrogens with zero attached hydrogens (tertiary/aromatic N) is 3. The molecule has 2 aliphatic carbocycles. The molecule has 6 heteroatoms. The van der Waals surface area contributed by atoms with Crippen molar-refractivity contribution < 1.29 is 15.0 Å². The van der Waals surface area contributed by atoms with E-state index in [2.05, 4.69) is 13.0 Å². The van der Waals surface area contributed by atoms with Gasteiger partial charge in [-0.25, -0.2) is 9.48 Å². The number of allylic oxidation sites excluding steroid dienone is 2. The smallest absolute Gasteiger partial charge is 0.335 e. The van der Waals surface area contributed by atoms with Crippen molar-refractivity contribution in [3.8, 4) is 23.0 Å². The Balaban J connectivity index is 1.76. The Morgan fingerprint density at radius 1 is 1.18 bits per heavy atom. The van der Waals surface area contributed by atoms with Gasteiger partial charge < -0.3 is 10.2 Å². The molecule has 0 fully saturated rings. The fourth-order valence-electron chi connectivity index (χ4n) is 5.86. The molecule has 0 amide bonds. The van der Waals surface area contributed by atoms with Gasteiger partial charge in [0.1, 0.15) is 5.76 Å². The van der Waals surface area contributed by atoms with Gasteiger partial charge in [0.15, 0.2) is 0 Å². The van der Waals surface area contributed by atoms with E-state index in [1.807, 2.05) is 41.9 Å². The minimum absolute atomic E-state index is 0.121. The van der Waals surface area contributed by atoms with Gasteiger partial charge in [0, 0.05) is 22.5 Å². The van der Waals surface area contributed by atoms with Gasteiger partial charge >= 0.3 is 5.97 Å².